The largest absolute Gasteiger partial charge is 0.481 e. The van der Waals surface area contributed by atoms with Gasteiger partial charge in [-0.3, -0.25) is 4.79 Å². The van der Waals surface area contributed by atoms with Crippen LogP contribution in [-0.4, -0.2) is 53.6 Å². The molecule has 1 N–H and O–H groups in total. The van der Waals surface area contributed by atoms with Gasteiger partial charge < -0.3 is 14.9 Å². The van der Waals surface area contributed by atoms with E-state index in [9.17, 15) is 9.59 Å². The number of urea groups is 1. The summed E-state index contributed by atoms with van der Waals surface area (Å²) in [7, 11) is 1.64. The van der Waals surface area contributed by atoms with Crippen LogP contribution in [0.2, 0.25) is 0 Å². The Bertz CT molecular complexity index is 224. The van der Waals surface area contributed by atoms with Gasteiger partial charge in [0, 0.05) is 26.7 Å². The molecule has 1 aliphatic rings. The Morgan fingerprint density at radius 3 is 2.43 bits per heavy atom. The van der Waals surface area contributed by atoms with Crippen molar-refractivity contribution >= 4 is 12.0 Å². The topological polar surface area (TPSA) is 60.9 Å². The summed E-state index contributed by atoms with van der Waals surface area (Å²) in [6.07, 6.45) is 2.12. The first-order valence-corrected chi connectivity index (χ1v) is 4.83. The van der Waals surface area contributed by atoms with Crippen molar-refractivity contribution in [2.45, 2.75) is 19.3 Å². The zero-order valence-electron chi connectivity index (χ0n) is 8.40. The van der Waals surface area contributed by atoms with Gasteiger partial charge in [0.05, 0.1) is 6.42 Å². The Labute approximate surface area is 83.3 Å². The minimum atomic E-state index is -0.869. The average molecular weight is 200 g/mol. The van der Waals surface area contributed by atoms with Crippen LogP contribution in [0.3, 0.4) is 0 Å². The van der Waals surface area contributed by atoms with Crippen molar-refractivity contribution < 1.29 is 14.7 Å². The molecule has 5 heteroatoms. The average Bonchev–Trinajstić information content (AvgIpc) is 2.65. The van der Waals surface area contributed by atoms with Gasteiger partial charge in [-0.1, -0.05) is 0 Å². The highest BCUT2D eigenvalue weighted by Gasteiger charge is 2.21. The van der Waals surface area contributed by atoms with Crippen molar-refractivity contribution in [3.63, 3.8) is 0 Å². The van der Waals surface area contributed by atoms with Gasteiger partial charge in [0.15, 0.2) is 0 Å². The highest BCUT2D eigenvalue weighted by molar-refractivity contribution is 5.75. The number of carbonyl (C=O) groups excluding carboxylic acids is 1. The molecule has 2 amide bonds. The zero-order valence-corrected chi connectivity index (χ0v) is 8.40. The Kier molecular flexibility index (Phi) is 3.73. The van der Waals surface area contributed by atoms with Gasteiger partial charge in [0.2, 0.25) is 0 Å². The predicted molar refractivity (Wildman–Crippen MR) is 51.1 cm³/mol. The SMILES string of the molecule is CN(CCC(=O)O)C(=O)N1CCCC1. The number of rotatable bonds is 3. The summed E-state index contributed by atoms with van der Waals surface area (Å²) >= 11 is 0. The number of amides is 2. The second kappa shape index (κ2) is 4.83. The molecule has 0 aromatic carbocycles. The van der Waals surface area contributed by atoms with Crippen molar-refractivity contribution in [3.05, 3.63) is 0 Å². The van der Waals surface area contributed by atoms with Crippen molar-refractivity contribution in [2.24, 2.45) is 0 Å². The second-order valence-electron chi connectivity index (χ2n) is 3.54. The molecular formula is C9H16N2O3. The monoisotopic (exact) mass is 200 g/mol. The van der Waals surface area contributed by atoms with E-state index in [4.69, 9.17) is 5.11 Å². The highest BCUT2D eigenvalue weighted by atomic mass is 16.4. The quantitative estimate of drug-likeness (QED) is 0.726. The molecule has 0 aromatic rings. The Balaban J connectivity index is 2.31. The van der Waals surface area contributed by atoms with E-state index in [1.165, 1.54) is 4.90 Å². The molecule has 0 aromatic heterocycles. The molecule has 14 heavy (non-hydrogen) atoms. The first kappa shape index (κ1) is 10.8. The Hall–Kier alpha value is -1.26. The molecule has 0 saturated carbocycles. The maximum absolute atomic E-state index is 11.6. The Morgan fingerprint density at radius 2 is 1.93 bits per heavy atom. The van der Waals surface area contributed by atoms with Crippen LogP contribution in [0.25, 0.3) is 0 Å². The number of likely N-dealkylation sites (tertiary alicyclic amines) is 1. The van der Waals surface area contributed by atoms with Gasteiger partial charge in [-0.25, -0.2) is 4.79 Å². The van der Waals surface area contributed by atoms with Crippen LogP contribution in [0.5, 0.6) is 0 Å². The van der Waals surface area contributed by atoms with E-state index in [0.717, 1.165) is 25.9 Å². The summed E-state index contributed by atoms with van der Waals surface area (Å²) in [5.74, 6) is -0.869. The third-order valence-electron chi connectivity index (χ3n) is 2.36. The van der Waals surface area contributed by atoms with Gasteiger partial charge in [-0.2, -0.15) is 0 Å². The summed E-state index contributed by atoms with van der Waals surface area (Å²) in [4.78, 5) is 25.2. The lowest BCUT2D eigenvalue weighted by Gasteiger charge is -2.23. The fourth-order valence-electron chi connectivity index (χ4n) is 1.51. The van der Waals surface area contributed by atoms with Crippen molar-refractivity contribution in [2.75, 3.05) is 26.7 Å². The van der Waals surface area contributed by atoms with E-state index in [2.05, 4.69) is 0 Å². The van der Waals surface area contributed by atoms with E-state index >= 15 is 0 Å². The standard InChI is InChI=1S/C9H16N2O3/c1-10(7-4-8(12)13)9(14)11-5-2-3-6-11/h2-7H2,1H3,(H,12,13). The summed E-state index contributed by atoms with van der Waals surface area (Å²) in [6.45, 7) is 1.89. The molecule has 0 bridgehead atoms. The minimum Gasteiger partial charge on any atom is -0.481 e. The molecule has 1 fully saturated rings. The summed E-state index contributed by atoms with van der Waals surface area (Å²) in [6, 6.07) is -0.0521. The predicted octanol–water partition coefficient (Wildman–Crippen LogP) is 0.609. The number of carboxylic acid groups (broad SMARTS) is 1. The molecule has 0 aliphatic carbocycles. The maximum Gasteiger partial charge on any atom is 0.319 e. The number of hydrogen-bond donors (Lipinski definition) is 1. The van der Waals surface area contributed by atoms with Crippen LogP contribution in [0, 0.1) is 0 Å². The van der Waals surface area contributed by atoms with E-state index in [0.29, 0.717) is 0 Å². The van der Waals surface area contributed by atoms with Crippen LogP contribution >= 0.6 is 0 Å². The number of aliphatic carboxylic acids is 1. The molecule has 0 atom stereocenters. The van der Waals surface area contributed by atoms with Crippen LogP contribution in [0.1, 0.15) is 19.3 Å². The van der Waals surface area contributed by atoms with Crippen molar-refractivity contribution in [1.29, 1.82) is 0 Å². The van der Waals surface area contributed by atoms with Gasteiger partial charge in [-0.05, 0) is 12.8 Å². The molecular weight excluding hydrogens is 184 g/mol. The lowest BCUT2D eigenvalue weighted by molar-refractivity contribution is -0.137. The summed E-state index contributed by atoms with van der Waals surface area (Å²) < 4.78 is 0. The van der Waals surface area contributed by atoms with Crippen LogP contribution in [-0.2, 0) is 4.79 Å². The van der Waals surface area contributed by atoms with Crippen molar-refractivity contribution in [3.8, 4) is 0 Å². The van der Waals surface area contributed by atoms with Gasteiger partial charge in [0.1, 0.15) is 0 Å². The van der Waals surface area contributed by atoms with Crippen LogP contribution < -0.4 is 0 Å². The fourth-order valence-corrected chi connectivity index (χ4v) is 1.51. The maximum atomic E-state index is 11.6. The summed E-state index contributed by atoms with van der Waals surface area (Å²) in [5, 5.41) is 8.46. The zero-order chi connectivity index (χ0) is 10.6. The van der Waals surface area contributed by atoms with E-state index in [1.54, 1.807) is 11.9 Å². The Morgan fingerprint density at radius 1 is 1.36 bits per heavy atom. The number of nitrogens with zero attached hydrogens (tertiary/aromatic N) is 2. The summed E-state index contributed by atoms with van der Waals surface area (Å²) in [5.41, 5.74) is 0. The molecule has 5 nitrogen and oxygen atoms in total. The van der Waals surface area contributed by atoms with Gasteiger partial charge in [-0.15, -0.1) is 0 Å². The van der Waals surface area contributed by atoms with E-state index in [-0.39, 0.29) is 19.0 Å². The first-order valence-electron chi connectivity index (χ1n) is 4.83. The molecule has 0 radical (unpaired) electrons. The number of carbonyl (C=O) groups is 2. The fraction of sp³-hybridized carbons (Fsp3) is 0.778. The van der Waals surface area contributed by atoms with Gasteiger partial charge in [0.25, 0.3) is 0 Å². The van der Waals surface area contributed by atoms with Crippen LogP contribution in [0.4, 0.5) is 4.79 Å². The molecule has 0 unspecified atom stereocenters. The molecule has 0 spiro atoms. The highest BCUT2D eigenvalue weighted by Crippen LogP contribution is 2.09. The normalized spacial score (nSPS) is 15.6. The number of hydrogen-bond acceptors (Lipinski definition) is 2. The lowest BCUT2D eigenvalue weighted by atomic mass is 10.4. The minimum absolute atomic E-state index is 0.01000. The first-order chi connectivity index (χ1) is 6.61. The van der Waals surface area contributed by atoms with Gasteiger partial charge >= 0.3 is 12.0 Å². The number of carboxylic acids is 1. The molecule has 1 aliphatic heterocycles. The molecule has 80 valence electrons. The van der Waals surface area contributed by atoms with Crippen molar-refractivity contribution in [1.82, 2.24) is 9.80 Å². The van der Waals surface area contributed by atoms with E-state index < -0.39 is 5.97 Å². The van der Waals surface area contributed by atoms with Crippen LogP contribution in [0.15, 0.2) is 0 Å². The third kappa shape index (κ3) is 2.90. The molecule has 1 rings (SSSR count). The van der Waals surface area contributed by atoms with E-state index in [1.807, 2.05) is 0 Å². The third-order valence-corrected chi connectivity index (χ3v) is 2.36. The molecule has 1 saturated heterocycles. The second-order valence-corrected chi connectivity index (χ2v) is 3.54. The smallest absolute Gasteiger partial charge is 0.319 e. The lowest BCUT2D eigenvalue weighted by Crippen LogP contribution is -2.40. The molecule has 1 heterocycles.